The van der Waals surface area contributed by atoms with Crippen LogP contribution in [0.1, 0.15) is 60.3 Å². The highest BCUT2D eigenvalue weighted by Crippen LogP contribution is 2.22. The van der Waals surface area contributed by atoms with Gasteiger partial charge < -0.3 is 10.2 Å². The number of hydrogen-bond donors (Lipinski definition) is 1. The zero-order chi connectivity index (χ0) is 13.5. The molecule has 0 aromatic rings. The molecule has 0 saturated carbocycles. The molecular weight excluding hydrogens is 220 g/mol. The fourth-order valence-corrected chi connectivity index (χ4v) is 3.25. The number of nitrogens with zero attached hydrogens (tertiary/aromatic N) is 1. The topological polar surface area (TPSA) is 15.3 Å². The molecule has 1 aliphatic rings. The van der Waals surface area contributed by atoms with Crippen LogP contribution in [0, 0.1) is 11.8 Å². The molecule has 0 aromatic carbocycles. The van der Waals surface area contributed by atoms with E-state index in [4.69, 9.17) is 0 Å². The van der Waals surface area contributed by atoms with E-state index >= 15 is 0 Å². The summed E-state index contributed by atoms with van der Waals surface area (Å²) in [5.74, 6) is 1.63. The quantitative estimate of drug-likeness (QED) is 0.748. The lowest BCUT2D eigenvalue weighted by atomic mass is 9.88. The average molecular weight is 254 g/mol. The van der Waals surface area contributed by atoms with Crippen LogP contribution >= 0.6 is 0 Å². The fourth-order valence-electron chi connectivity index (χ4n) is 3.25. The van der Waals surface area contributed by atoms with E-state index in [-0.39, 0.29) is 0 Å². The summed E-state index contributed by atoms with van der Waals surface area (Å²) in [4.78, 5) is 2.63. The molecule has 2 atom stereocenters. The first-order valence-corrected chi connectivity index (χ1v) is 8.06. The maximum Gasteiger partial charge on any atom is 0.00900 e. The predicted octanol–water partition coefficient (Wildman–Crippen LogP) is 3.52. The summed E-state index contributed by atoms with van der Waals surface area (Å²) >= 11 is 0. The molecule has 0 aliphatic carbocycles. The minimum atomic E-state index is 0.682. The molecule has 1 N–H and O–H groups in total. The van der Waals surface area contributed by atoms with E-state index < -0.39 is 0 Å². The van der Waals surface area contributed by atoms with Crippen LogP contribution in [0.2, 0.25) is 0 Å². The Morgan fingerprint density at radius 2 is 1.72 bits per heavy atom. The second-order valence-electron chi connectivity index (χ2n) is 6.39. The van der Waals surface area contributed by atoms with Gasteiger partial charge in [-0.1, -0.05) is 27.7 Å². The van der Waals surface area contributed by atoms with Crippen molar-refractivity contribution in [1.29, 1.82) is 0 Å². The Kier molecular flexibility index (Phi) is 7.25. The van der Waals surface area contributed by atoms with Crippen molar-refractivity contribution >= 4 is 0 Å². The highest BCUT2D eigenvalue weighted by molar-refractivity contribution is 4.82. The summed E-state index contributed by atoms with van der Waals surface area (Å²) < 4.78 is 0. The van der Waals surface area contributed by atoms with Crippen molar-refractivity contribution in [3.8, 4) is 0 Å². The third kappa shape index (κ3) is 4.89. The van der Waals surface area contributed by atoms with Crippen LogP contribution in [-0.4, -0.2) is 36.6 Å². The predicted molar refractivity (Wildman–Crippen MR) is 81.0 cm³/mol. The smallest absolute Gasteiger partial charge is 0.00900 e. The zero-order valence-electron chi connectivity index (χ0n) is 13.2. The summed E-state index contributed by atoms with van der Waals surface area (Å²) in [6, 6.07) is 1.37. The minimum absolute atomic E-state index is 0.682. The summed E-state index contributed by atoms with van der Waals surface area (Å²) in [6.07, 6.45) is 5.30. The molecular formula is C16H34N2. The van der Waals surface area contributed by atoms with Crippen LogP contribution in [0.15, 0.2) is 0 Å². The van der Waals surface area contributed by atoms with E-state index in [1.54, 1.807) is 0 Å². The maximum absolute atomic E-state index is 3.86. The minimum Gasteiger partial charge on any atom is -0.311 e. The molecule has 1 rings (SSSR count). The summed E-state index contributed by atoms with van der Waals surface area (Å²) in [5.41, 5.74) is 0. The second-order valence-corrected chi connectivity index (χ2v) is 6.39. The van der Waals surface area contributed by atoms with E-state index in [2.05, 4.69) is 44.8 Å². The third-order valence-electron chi connectivity index (χ3n) is 4.60. The number of piperidine rings is 1. The van der Waals surface area contributed by atoms with Gasteiger partial charge in [0, 0.05) is 12.1 Å². The maximum atomic E-state index is 3.86. The summed E-state index contributed by atoms with van der Waals surface area (Å²) in [6.45, 7) is 15.5. The molecule has 0 aromatic heterocycles. The molecule has 0 bridgehead atoms. The lowest BCUT2D eigenvalue weighted by Gasteiger charge is -2.37. The number of likely N-dealkylation sites (tertiary alicyclic amines) is 1. The van der Waals surface area contributed by atoms with Crippen molar-refractivity contribution in [3.05, 3.63) is 0 Å². The van der Waals surface area contributed by atoms with Crippen molar-refractivity contribution in [1.82, 2.24) is 10.2 Å². The van der Waals surface area contributed by atoms with Gasteiger partial charge in [0.25, 0.3) is 0 Å². The van der Waals surface area contributed by atoms with Gasteiger partial charge in [0.1, 0.15) is 0 Å². The standard InChI is InChI=1S/C16H34N2/c1-6-10-18-11-8-15(9-12-18)14(5)17-16(7-2)13(3)4/h13-17H,6-12H2,1-5H3. The van der Waals surface area contributed by atoms with Crippen LogP contribution in [0.25, 0.3) is 0 Å². The molecule has 2 nitrogen and oxygen atoms in total. The third-order valence-corrected chi connectivity index (χ3v) is 4.60. The van der Waals surface area contributed by atoms with Gasteiger partial charge in [0.05, 0.1) is 0 Å². The van der Waals surface area contributed by atoms with Crippen molar-refractivity contribution in [3.63, 3.8) is 0 Å². The Balaban J connectivity index is 2.33. The van der Waals surface area contributed by atoms with Crippen LogP contribution in [0.4, 0.5) is 0 Å². The van der Waals surface area contributed by atoms with Crippen molar-refractivity contribution in [2.45, 2.75) is 72.4 Å². The van der Waals surface area contributed by atoms with E-state index in [1.807, 2.05) is 0 Å². The molecule has 2 unspecified atom stereocenters. The normalized spacial score (nSPS) is 22.3. The Morgan fingerprint density at radius 3 is 2.17 bits per heavy atom. The van der Waals surface area contributed by atoms with Gasteiger partial charge >= 0.3 is 0 Å². The molecule has 0 spiro atoms. The highest BCUT2D eigenvalue weighted by Gasteiger charge is 2.25. The van der Waals surface area contributed by atoms with Gasteiger partial charge in [-0.25, -0.2) is 0 Å². The molecule has 2 heteroatoms. The Labute approximate surface area is 115 Å². The zero-order valence-corrected chi connectivity index (χ0v) is 13.2. The lowest BCUT2D eigenvalue weighted by Crippen LogP contribution is -2.46. The van der Waals surface area contributed by atoms with Crippen LogP contribution in [0.3, 0.4) is 0 Å². The van der Waals surface area contributed by atoms with E-state index in [0.717, 1.165) is 11.8 Å². The molecule has 1 saturated heterocycles. The first-order chi connectivity index (χ1) is 8.58. The van der Waals surface area contributed by atoms with Crippen LogP contribution < -0.4 is 5.32 Å². The Bertz CT molecular complexity index is 207. The number of rotatable bonds is 7. The van der Waals surface area contributed by atoms with Gasteiger partial charge in [0.2, 0.25) is 0 Å². The van der Waals surface area contributed by atoms with E-state index in [9.17, 15) is 0 Å². The summed E-state index contributed by atoms with van der Waals surface area (Å²) in [5, 5.41) is 3.86. The Morgan fingerprint density at radius 1 is 1.11 bits per heavy atom. The molecule has 0 radical (unpaired) electrons. The van der Waals surface area contributed by atoms with Gasteiger partial charge in [-0.2, -0.15) is 0 Å². The first kappa shape index (κ1) is 16.0. The van der Waals surface area contributed by atoms with Gasteiger partial charge in [-0.05, 0) is 64.1 Å². The van der Waals surface area contributed by atoms with Crippen molar-refractivity contribution in [2.75, 3.05) is 19.6 Å². The highest BCUT2D eigenvalue weighted by atomic mass is 15.1. The number of nitrogens with one attached hydrogen (secondary N) is 1. The molecule has 1 heterocycles. The van der Waals surface area contributed by atoms with Crippen molar-refractivity contribution in [2.24, 2.45) is 11.8 Å². The molecule has 18 heavy (non-hydrogen) atoms. The second kappa shape index (κ2) is 8.16. The number of hydrogen-bond acceptors (Lipinski definition) is 2. The lowest BCUT2D eigenvalue weighted by molar-refractivity contribution is 0.154. The monoisotopic (exact) mass is 254 g/mol. The fraction of sp³-hybridized carbons (Fsp3) is 1.00. The SMILES string of the molecule is CCCN1CCC(C(C)NC(CC)C(C)C)CC1. The first-order valence-electron chi connectivity index (χ1n) is 8.06. The van der Waals surface area contributed by atoms with Crippen LogP contribution in [-0.2, 0) is 0 Å². The van der Waals surface area contributed by atoms with Crippen molar-refractivity contribution < 1.29 is 0 Å². The van der Waals surface area contributed by atoms with Gasteiger partial charge in [-0.15, -0.1) is 0 Å². The largest absolute Gasteiger partial charge is 0.311 e. The molecule has 108 valence electrons. The molecule has 1 aliphatic heterocycles. The average Bonchev–Trinajstić information content (AvgIpc) is 2.36. The van der Waals surface area contributed by atoms with E-state index in [1.165, 1.54) is 45.3 Å². The molecule has 1 fully saturated rings. The van der Waals surface area contributed by atoms with Crippen LogP contribution in [0.5, 0.6) is 0 Å². The molecule has 0 amide bonds. The van der Waals surface area contributed by atoms with Gasteiger partial charge in [0.15, 0.2) is 0 Å². The summed E-state index contributed by atoms with van der Waals surface area (Å²) in [7, 11) is 0. The van der Waals surface area contributed by atoms with E-state index in [0.29, 0.717) is 12.1 Å². The Hall–Kier alpha value is -0.0800. The van der Waals surface area contributed by atoms with Gasteiger partial charge in [-0.3, -0.25) is 0 Å².